The second-order valence-corrected chi connectivity index (χ2v) is 9.72. The van der Waals surface area contributed by atoms with Crippen molar-refractivity contribution in [1.82, 2.24) is 29.3 Å². The fourth-order valence-corrected chi connectivity index (χ4v) is 4.83. The van der Waals surface area contributed by atoms with Crippen LogP contribution in [0.5, 0.6) is 0 Å². The topological polar surface area (TPSA) is 91.7 Å². The maximum atomic E-state index is 14.0. The normalized spacial score (nSPS) is 18.4. The zero-order valence-corrected chi connectivity index (χ0v) is 21.1. The van der Waals surface area contributed by atoms with Crippen LogP contribution in [0.15, 0.2) is 30.3 Å². The van der Waals surface area contributed by atoms with Gasteiger partial charge in [-0.3, -0.25) is 9.36 Å². The van der Waals surface area contributed by atoms with E-state index in [1.165, 1.54) is 4.57 Å². The first-order chi connectivity index (χ1) is 17.9. The number of likely N-dealkylation sites (N-methyl/N-ethyl adjacent to an activating group) is 1. The molecule has 1 atom stereocenters. The highest BCUT2D eigenvalue weighted by Crippen LogP contribution is 2.29. The first-order valence-corrected chi connectivity index (χ1v) is 12.5. The molecule has 2 fully saturated rings. The Hall–Kier alpha value is -3.38. The smallest absolute Gasteiger partial charge is 0.296 e. The van der Waals surface area contributed by atoms with Gasteiger partial charge in [0.15, 0.2) is 5.82 Å². The van der Waals surface area contributed by atoms with Crippen molar-refractivity contribution < 1.29 is 18.3 Å². The Bertz CT molecular complexity index is 1240. The van der Waals surface area contributed by atoms with Gasteiger partial charge in [-0.25, -0.2) is 13.8 Å². The number of hydrogen-bond donors (Lipinski definition) is 1. The molecule has 0 unspecified atom stereocenters. The molecule has 198 valence electrons. The van der Waals surface area contributed by atoms with E-state index in [2.05, 4.69) is 20.2 Å². The van der Waals surface area contributed by atoms with Crippen LogP contribution >= 0.6 is 0 Å². The molecule has 0 spiro atoms. The number of ether oxygens (including phenoxy) is 1. The highest BCUT2D eigenvalue weighted by molar-refractivity contribution is 5.79. The standard InChI is InChI=1S/C25H32F2N8O2/c1-32(2)16-22(36)34-8-7-17(15-34)14-28-25-30-20(33-9-11-37-12-10-33)13-21(31-25)35-19-6-4-3-5-18(19)29-24(35)23(26)27/h3-6,13,17,23H,7-12,14-16H2,1-2H3,(H,28,30,31)/t17-/m1/s1. The number of rotatable bonds is 8. The predicted molar refractivity (Wildman–Crippen MR) is 136 cm³/mol. The van der Waals surface area contributed by atoms with E-state index >= 15 is 0 Å². The maximum absolute atomic E-state index is 14.0. The van der Waals surface area contributed by atoms with Gasteiger partial charge >= 0.3 is 0 Å². The molecule has 10 nitrogen and oxygen atoms in total. The van der Waals surface area contributed by atoms with Crippen LogP contribution in [0.4, 0.5) is 20.5 Å². The minimum atomic E-state index is -2.77. The number of carbonyl (C=O) groups excluding carboxylic acids is 1. The third-order valence-corrected chi connectivity index (χ3v) is 6.68. The van der Waals surface area contributed by atoms with Crippen LogP contribution in [-0.4, -0.2) is 102 Å². The Kier molecular flexibility index (Phi) is 7.47. The van der Waals surface area contributed by atoms with Gasteiger partial charge in [-0.2, -0.15) is 9.97 Å². The summed E-state index contributed by atoms with van der Waals surface area (Å²) in [6, 6.07) is 8.77. The Morgan fingerprint density at radius 2 is 1.89 bits per heavy atom. The molecule has 2 aliphatic rings. The Labute approximate surface area is 214 Å². The highest BCUT2D eigenvalue weighted by Gasteiger charge is 2.27. The highest BCUT2D eigenvalue weighted by atomic mass is 19.3. The molecule has 2 aliphatic heterocycles. The Balaban J connectivity index is 1.43. The van der Waals surface area contributed by atoms with E-state index in [-0.39, 0.29) is 17.6 Å². The molecule has 4 heterocycles. The Morgan fingerprint density at radius 3 is 2.65 bits per heavy atom. The summed E-state index contributed by atoms with van der Waals surface area (Å²) in [6.45, 7) is 4.77. The summed E-state index contributed by atoms with van der Waals surface area (Å²) < 4.78 is 35.0. The van der Waals surface area contributed by atoms with Gasteiger partial charge in [0, 0.05) is 38.8 Å². The third kappa shape index (κ3) is 5.64. The number of alkyl halides is 2. The van der Waals surface area contributed by atoms with Crippen molar-refractivity contribution in [2.24, 2.45) is 5.92 Å². The molecule has 5 rings (SSSR count). The van der Waals surface area contributed by atoms with Crippen LogP contribution in [0, 0.1) is 5.92 Å². The van der Waals surface area contributed by atoms with Crippen molar-refractivity contribution in [1.29, 1.82) is 0 Å². The second-order valence-electron chi connectivity index (χ2n) is 9.72. The van der Waals surface area contributed by atoms with E-state index < -0.39 is 6.43 Å². The van der Waals surface area contributed by atoms with E-state index in [1.54, 1.807) is 30.3 Å². The first kappa shape index (κ1) is 25.3. The average Bonchev–Trinajstić information content (AvgIpc) is 3.53. The number of morpholine rings is 1. The van der Waals surface area contributed by atoms with Gasteiger partial charge in [-0.05, 0) is 38.6 Å². The number of imidazole rings is 1. The summed E-state index contributed by atoms with van der Waals surface area (Å²) in [6.07, 6.45) is -1.89. The quantitative estimate of drug-likeness (QED) is 0.490. The fourth-order valence-electron chi connectivity index (χ4n) is 4.83. The average molecular weight is 515 g/mol. The molecule has 37 heavy (non-hydrogen) atoms. The number of carbonyl (C=O) groups is 1. The number of benzene rings is 1. The lowest BCUT2D eigenvalue weighted by atomic mass is 10.1. The van der Waals surface area contributed by atoms with Gasteiger partial charge in [0.25, 0.3) is 6.43 Å². The van der Waals surface area contributed by atoms with Crippen LogP contribution in [0.25, 0.3) is 16.9 Å². The van der Waals surface area contributed by atoms with Crippen LogP contribution in [0.3, 0.4) is 0 Å². The summed E-state index contributed by atoms with van der Waals surface area (Å²) in [7, 11) is 3.76. The number of hydrogen-bond acceptors (Lipinski definition) is 8. The van der Waals surface area contributed by atoms with Gasteiger partial charge in [-0.15, -0.1) is 0 Å². The van der Waals surface area contributed by atoms with Crippen molar-refractivity contribution in [2.75, 3.05) is 76.8 Å². The number of aromatic nitrogens is 4. The van der Waals surface area contributed by atoms with Crippen molar-refractivity contribution in [2.45, 2.75) is 12.8 Å². The largest absolute Gasteiger partial charge is 0.378 e. The lowest BCUT2D eigenvalue weighted by Crippen LogP contribution is -2.37. The number of nitrogens with zero attached hydrogens (tertiary/aromatic N) is 7. The second kappa shape index (κ2) is 10.9. The third-order valence-electron chi connectivity index (χ3n) is 6.68. The minimum Gasteiger partial charge on any atom is -0.378 e. The fraction of sp³-hybridized carbons (Fsp3) is 0.520. The summed E-state index contributed by atoms with van der Waals surface area (Å²) in [5.41, 5.74) is 1.04. The SMILES string of the molecule is CN(C)CC(=O)N1CC[C@H](CNc2nc(N3CCOCC3)cc(-n3c(C(F)F)nc4ccccc43)n2)C1. The van der Waals surface area contributed by atoms with Crippen molar-refractivity contribution >= 4 is 28.7 Å². The molecule has 1 N–H and O–H groups in total. The van der Waals surface area contributed by atoms with Crippen LogP contribution < -0.4 is 10.2 Å². The van der Waals surface area contributed by atoms with E-state index in [0.717, 1.165) is 13.0 Å². The maximum Gasteiger partial charge on any atom is 0.296 e. The van der Waals surface area contributed by atoms with Crippen molar-refractivity contribution in [3.05, 3.63) is 36.2 Å². The van der Waals surface area contributed by atoms with Crippen molar-refractivity contribution in [3.8, 4) is 5.82 Å². The van der Waals surface area contributed by atoms with E-state index in [9.17, 15) is 13.6 Å². The summed E-state index contributed by atoms with van der Waals surface area (Å²) in [4.78, 5) is 31.8. The molecule has 12 heteroatoms. The summed E-state index contributed by atoms with van der Waals surface area (Å²) in [5.74, 6) is 1.34. The van der Waals surface area contributed by atoms with Crippen molar-refractivity contribution in [3.63, 3.8) is 0 Å². The molecule has 0 saturated carbocycles. The molecule has 0 radical (unpaired) electrons. The number of para-hydroxylation sites is 2. The molecule has 1 aromatic carbocycles. The van der Waals surface area contributed by atoms with E-state index in [1.807, 2.05) is 23.9 Å². The summed E-state index contributed by atoms with van der Waals surface area (Å²) in [5, 5.41) is 3.32. The Morgan fingerprint density at radius 1 is 1.14 bits per heavy atom. The lowest BCUT2D eigenvalue weighted by Gasteiger charge is -2.28. The molecule has 2 aromatic heterocycles. The predicted octanol–water partition coefficient (Wildman–Crippen LogP) is 2.41. The van der Waals surface area contributed by atoms with E-state index in [4.69, 9.17) is 9.72 Å². The molecule has 3 aromatic rings. The first-order valence-electron chi connectivity index (χ1n) is 12.5. The van der Waals surface area contributed by atoms with Gasteiger partial charge < -0.3 is 24.8 Å². The molecule has 0 bridgehead atoms. The molecule has 0 aliphatic carbocycles. The number of nitrogens with one attached hydrogen (secondary N) is 1. The molecule has 1 amide bonds. The number of likely N-dealkylation sites (tertiary alicyclic amines) is 1. The molecule has 2 saturated heterocycles. The molecular weight excluding hydrogens is 482 g/mol. The van der Waals surface area contributed by atoms with Gasteiger partial charge in [0.2, 0.25) is 11.9 Å². The van der Waals surface area contributed by atoms with Crippen LogP contribution in [0.1, 0.15) is 18.7 Å². The minimum absolute atomic E-state index is 0.117. The monoisotopic (exact) mass is 514 g/mol. The number of halogens is 2. The van der Waals surface area contributed by atoms with Crippen LogP contribution in [0.2, 0.25) is 0 Å². The zero-order valence-electron chi connectivity index (χ0n) is 21.1. The van der Waals surface area contributed by atoms with E-state index in [0.29, 0.717) is 74.6 Å². The van der Waals surface area contributed by atoms with Crippen LogP contribution in [-0.2, 0) is 9.53 Å². The zero-order chi connectivity index (χ0) is 25.9. The van der Waals surface area contributed by atoms with Gasteiger partial charge in [0.05, 0.1) is 30.8 Å². The lowest BCUT2D eigenvalue weighted by molar-refractivity contribution is -0.130. The number of amides is 1. The van der Waals surface area contributed by atoms with Gasteiger partial charge in [0.1, 0.15) is 11.6 Å². The molecular formula is C25H32F2N8O2. The van der Waals surface area contributed by atoms with Gasteiger partial charge in [-0.1, -0.05) is 12.1 Å². The number of anilines is 2. The number of fused-ring (bicyclic) bond motifs is 1. The summed E-state index contributed by atoms with van der Waals surface area (Å²) >= 11 is 0.